The lowest BCUT2D eigenvalue weighted by Crippen LogP contribution is -2.36. The number of hydrogen-bond acceptors (Lipinski definition) is 9. The molecule has 0 spiro atoms. The molecule has 11 nitrogen and oxygen atoms in total. The van der Waals surface area contributed by atoms with Crippen molar-refractivity contribution in [2.45, 2.75) is 37.8 Å². The fourth-order valence-corrected chi connectivity index (χ4v) is 5.04. The molecule has 188 valence electrons. The van der Waals surface area contributed by atoms with Crippen molar-refractivity contribution in [3.8, 4) is 5.88 Å². The summed E-state index contributed by atoms with van der Waals surface area (Å²) in [6.45, 7) is 2.66. The standard InChI is InChI=1S/C23H28N6O5S.H2/c1-35(31,32)27-22(30)16-12-19-20(25-14-16)13-21(28-8-10-33-11-9-28)26-23(19)34-18-4-2-17(3-5-18)29-7-6-24-15-29;/h6-7,12-15,17-18H,2-5,8-11H2,1H3,(H,27,30);1H. The first kappa shape index (κ1) is 23.5. The molecule has 1 saturated carbocycles. The van der Waals surface area contributed by atoms with Crippen molar-refractivity contribution in [1.82, 2.24) is 24.2 Å². The highest BCUT2D eigenvalue weighted by atomic mass is 32.2. The number of sulfonamides is 1. The number of amides is 1. The number of anilines is 1. The van der Waals surface area contributed by atoms with E-state index >= 15 is 0 Å². The molecule has 0 bridgehead atoms. The van der Waals surface area contributed by atoms with Crippen molar-refractivity contribution >= 4 is 32.7 Å². The largest absolute Gasteiger partial charge is 0.474 e. The first-order chi connectivity index (χ1) is 16.9. The van der Waals surface area contributed by atoms with E-state index in [0.717, 1.165) is 37.8 Å². The smallest absolute Gasteiger partial charge is 0.266 e. The third kappa shape index (κ3) is 5.54. The molecule has 35 heavy (non-hydrogen) atoms. The molecule has 3 aromatic heterocycles. The Morgan fingerprint density at radius 3 is 2.66 bits per heavy atom. The monoisotopic (exact) mass is 502 g/mol. The summed E-state index contributed by atoms with van der Waals surface area (Å²) >= 11 is 0. The predicted molar refractivity (Wildman–Crippen MR) is 131 cm³/mol. The van der Waals surface area contributed by atoms with Gasteiger partial charge in [-0.2, -0.15) is 4.98 Å². The highest BCUT2D eigenvalue weighted by molar-refractivity contribution is 7.89. The lowest BCUT2D eigenvalue weighted by atomic mass is 9.93. The topological polar surface area (TPSA) is 129 Å². The van der Waals surface area contributed by atoms with E-state index in [4.69, 9.17) is 14.5 Å². The van der Waals surface area contributed by atoms with Gasteiger partial charge in [-0.25, -0.2) is 18.1 Å². The number of aromatic nitrogens is 4. The van der Waals surface area contributed by atoms with Gasteiger partial charge in [-0.05, 0) is 31.7 Å². The molecule has 2 aliphatic rings. The van der Waals surface area contributed by atoms with Gasteiger partial charge in [-0.15, -0.1) is 0 Å². The van der Waals surface area contributed by atoms with Crippen molar-refractivity contribution in [3.63, 3.8) is 0 Å². The van der Waals surface area contributed by atoms with Crippen molar-refractivity contribution in [2.24, 2.45) is 0 Å². The van der Waals surface area contributed by atoms with E-state index in [1.54, 1.807) is 12.3 Å². The average Bonchev–Trinajstić information content (AvgIpc) is 3.39. The lowest BCUT2D eigenvalue weighted by molar-refractivity contribution is 0.0981. The van der Waals surface area contributed by atoms with Gasteiger partial charge >= 0.3 is 0 Å². The molecular weight excluding hydrogens is 472 g/mol. The molecule has 2 fully saturated rings. The average molecular weight is 503 g/mol. The molecule has 1 aliphatic heterocycles. The maximum absolute atomic E-state index is 12.4. The fraction of sp³-hybridized carbons (Fsp3) is 0.478. The van der Waals surface area contributed by atoms with Crippen LogP contribution in [0.2, 0.25) is 0 Å². The fourth-order valence-electron chi connectivity index (χ4n) is 4.58. The second-order valence-electron chi connectivity index (χ2n) is 8.94. The number of carbonyl (C=O) groups excluding carboxylic acids is 1. The lowest BCUT2D eigenvalue weighted by Gasteiger charge is -2.31. The van der Waals surface area contributed by atoms with Crippen LogP contribution in [0.5, 0.6) is 5.88 Å². The summed E-state index contributed by atoms with van der Waals surface area (Å²) in [5, 5.41) is 0.569. The Balaban J connectivity index is 0.00000304. The van der Waals surface area contributed by atoms with Gasteiger partial charge in [-0.1, -0.05) is 0 Å². The Morgan fingerprint density at radius 1 is 1.20 bits per heavy atom. The molecule has 1 amide bonds. The summed E-state index contributed by atoms with van der Waals surface area (Å²) in [6, 6.07) is 3.85. The van der Waals surface area contributed by atoms with Gasteiger partial charge in [0.15, 0.2) is 0 Å². The van der Waals surface area contributed by atoms with Crippen LogP contribution in [0.4, 0.5) is 5.82 Å². The number of imidazole rings is 1. The van der Waals surface area contributed by atoms with Crippen LogP contribution in [-0.4, -0.2) is 72.5 Å². The van der Waals surface area contributed by atoms with Crippen LogP contribution in [-0.2, 0) is 14.8 Å². The van der Waals surface area contributed by atoms with Gasteiger partial charge in [0.25, 0.3) is 5.91 Å². The number of fused-ring (bicyclic) bond motifs is 1. The zero-order chi connectivity index (χ0) is 24.4. The van der Waals surface area contributed by atoms with E-state index < -0.39 is 15.9 Å². The summed E-state index contributed by atoms with van der Waals surface area (Å²) in [5.41, 5.74) is 0.747. The number of pyridine rings is 2. The van der Waals surface area contributed by atoms with Crippen LogP contribution in [0.25, 0.3) is 10.9 Å². The number of carbonyl (C=O) groups is 1. The third-order valence-electron chi connectivity index (χ3n) is 6.37. The first-order valence-electron chi connectivity index (χ1n) is 11.7. The van der Waals surface area contributed by atoms with E-state index in [1.807, 2.05) is 23.3 Å². The highest BCUT2D eigenvalue weighted by Gasteiger charge is 2.26. The zero-order valence-corrected chi connectivity index (χ0v) is 20.3. The van der Waals surface area contributed by atoms with E-state index in [0.29, 0.717) is 49.1 Å². The van der Waals surface area contributed by atoms with Crippen molar-refractivity contribution in [3.05, 3.63) is 42.6 Å². The maximum atomic E-state index is 12.4. The van der Waals surface area contributed by atoms with Crippen molar-refractivity contribution < 1.29 is 24.1 Å². The Morgan fingerprint density at radius 2 is 1.97 bits per heavy atom. The minimum Gasteiger partial charge on any atom is -0.474 e. The highest BCUT2D eigenvalue weighted by Crippen LogP contribution is 2.34. The van der Waals surface area contributed by atoms with Gasteiger partial charge in [0.05, 0.1) is 42.3 Å². The van der Waals surface area contributed by atoms with E-state index in [1.165, 1.54) is 6.20 Å². The molecule has 12 heteroatoms. The Hall–Kier alpha value is -3.25. The first-order valence-corrected chi connectivity index (χ1v) is 13.5. The minimum atomic E-state index is -3.70. The zero-order valence-electron chi connectivity index (χ0n) is 19.5. The normalized spacial score (nSPS) is 21.1. The number of ether oxygens (including phenoxy) is 2. The Bertz CT molecular complexity index is 1310. The van der Waals surface area contributed by atoms with E-state index in [2.05, 4.69) is 19.4 Å². The molecule has 0 unspecified atom stereocenters. The van der Waals surface area contributed by atoms with Crippen LogP contribution < -0.4 is 14.4 Å². The second-order valence-corrected chi connectivity index (χ2v) is 10.7. The molecule has 5 rings (SSSR count). The molecule has 0 radical (unpaired) electrons. The van der Waals surface area contributed by atoms with Crippen LogP contribution in [0.1, 0.15) is 43.5 Å². The molecular formula is C23H30N6O5S. The summed E-state index contributed by atoms with van der Waals surface area (Å²) in [5.74, 6) is 0.395. The molecule has 1 saturated heterocycles. The van der Waals surface area contributed by atoms with Crippen LogP contribution in [0, 0.1) is 0 Å². The molecule has 0 aromatic carbocycles. The number of nitrogens with one attached hydrogen (secondary N) is 1. The second kappa shape index (κ2) is 9.78. The van der Waals surface area contributed by atoms with Crippen molar-refractivity contribution in [1.29, 1.82) is 0 Å². The molecule has 1 aliphatic carbocycles. The van der Waals surface area contributed by atoms with Crippen LogP contribution in [0.15, 0.2) is 37.1 Å². The quantitative estimate of drug-likeness (QED) is 0.539. The number of hydrogen-bond donors (Lipinski definition) is 1. The van der Waals surface area contributed by atoms with Gasteiger partial charge < -0.3 is 18.9 Å². The Labute approximate surface area is 205 Å². The van der Waals surface area contributed by atoms with E-state index in [-0.39, 0.29) is 13.1 Å². The van der Waals surface area contributed by atoms with Gasteiger partial charge in [0, 0.05) is 45.2 Å². The van der Waals surface area contributed by atoms with Crippen LogP contribution >= 0.6 is 0 Å². The molecule has 1 N–H and O–H groups in total. The van der Waals surface area contributed by atoms with Gasteiger partial charge in [-0.3, -0.25) is 9.78 Å². The number of morpholine rings is 1. The SMILES string of the molecule is CS(=O)(=O)NC(=O)c1cnc2cc(N3CCOCC3)nc(OC3CCC(n4ccnc4)CC3)c2c1.[HH]. The third-order valence-corrected chi connectivity index (χ3v) is 6.93. The predicted octanol–water partition coefficient (Wildman–Crippen LogP) is 2.16. The summed E-state index contributed by atoms with van der Waals surface area (Å²) in [6.07, 6.45) is 11.5. The van der Waals surface area contributed by atoms with E-state index in [9.17, 15) is 13.2 Å². The maximum Gasteiger partial charge on any atom is 0.266 e. The summed E-state index contributed by atoms with van der Waals surface area (Å²) < 4.78 is 39.1. The molecule has 0 atom stereocenters. The molecule has 3 aromatic rings. The van der Waals surface area contributed by atoms with Crippen LogP contribution in [0.3, 0.4) is 0 Å². The molecule has 4 heterocycles. The summed E-state index contributed by atoms with van der Waals surface area (Å²) in [7, 11) is -3.70. The van der Waals surface area contributed by atoms with Gasteiger partial charge in [0.1, 0.15) is 11.9 Å². The van der Waals surface area contributed by atoms with Crippen molar-refractivity contribution in [2.75, 3.05) is 37.5 Å². The summed E-state index contributed by atoms with van der Waals surface area (Å²) in [4.78, 5) is 28.0. The minimum absolute atomic E-state index is 0. The Kier molecular flexibility index (Phi) is 6.56. The number of rotatable bonds is 6. The number of nitrogens with zero attached hydrogens (tertiary/aromatic N) is 5. The van der Waals surface area contributed by atoms with Gasteiger partial charge in [0.2, 0.25) is 15.9 Å².